The number of benzene rings is 1. The molecule has 31 heavy (non-hydrogen) atoms. The second-order valence-corrected chi connectivity index (χ2v) is 6.98. The molecule has 1 aliphatic rings. The van der Waals surface area contributed by atoms with Crippen LogP contribution in [0.1, 0.15) is 35.0 Å². The minimum absolute atomic E-state index is 0.109. The number of alkyl halides is 6. The fourth-order valence-corrected chi connectivity index (χ4v) is 3.29. The predicted octanol–water partition coefficient (Wildman–Crippen LogP) is 5.02. The van der Waals surface area contributed by atoms with Crippen molar-refractivity contribution in [3.05, 3.63) is 59.4 Å². The molecule has 0 unspecified atom stereocenters. The summed E-state index contributed by atoms with van der Waals surface area (Å²) in [7, 11) is 0. The van der Waals surface area contributed by atoms with E-state index < -0.39 is 48.0 Å². The van der Waals surface area contributed by atoms with Crippen molar-refractivity contribution in [3.63, 3.8) is 0 Å². The lowest BCUT2D eigenvalue weighted by molar-refractivity contribution is -0.141. The summed E-state index contributed by atoms with van der Waals surface area (Å²) in [4.78, 5) is 31.1. The smallest absolute Gasteiger partial charge is 0.312 e. The Morgan fingerprint density at radius 2 is 1.81 bits per heavy atom. The zero-order valence-corrected chi connectivity index (χ0v) is 16.2. The van der Waals surface area contributed by atoms with Gasteiger partial charge in [-0.15, -0.1) is 0 Å². The van der Waals surface area contributed by atoms with Gasteiger partial charge >= 0.3 is 18.4 Å². The lowest BCUT2D eigenvalue weighted by Gasteiger charge is -2.21. The van der Waals surface area contributed by atoms with Gasteiger partial charge in [-0.1, -0.05) is 19.1 Å². The van der Waals surface area contributed by atoms with Gasteiger partial charge in [0.15, 0.2) is 5.78 Å². The van der Waals surface area contributed by atoms with Crippen molar-refractivity contribution in [2.75, 3.05) is 18.0 Å². The first-order valence-electron chi connectivity index (χ1n) is 9.23. The summed E-state index contributed by atoms with van der Waals surface area (Å²) >= 11 is 0. The molecule has 166 valence electrons. The van der Waals surface area contributed by atoms with E-state index in [1.807, 2.05) is 0 Å². The lowest BCUT2D eigenvalue weighted by atomic mass is 10.1. The Bertz CT molecular complexity index is 972. The van der Waals surface area contributed by atoms with E-state index in [0.29, 0.717) is 6.42 Å². The van der Waals surface area contributed by atoms with Crippen LogP contribution in [0.15, 0.2) is 42.6 Å². The summed E-state index contributed by atoms with van der Waals surface area (Å²) in [5.41, 5.74) is -2.14. The molecule has 1 fully saturated rings. The molecule has 0 saturated carbocycles. The second-order valence-electron chi connectivity index (χ2n) is 6.98. The highest BCUT2D eigenvalue weighted by Gasteiger charge is 2.39. The van der Waals surface area contributed by atoms with E-state index in [4.69, 9.17) is 0 Å². The molecule has 2 aromatic rings. The van der Waals surface area contributed by atoms with Crippen LogP contribution in [0.5, 0.6) is 0 Å². The number of amides is 2. The Balaban J connectivity index is 1.79. The van der Waals surface area contributed by atoms with Crippen molar-refractivity contribution in [1.29, 1.82) is 0 Å². The standard InChI is InChI=1S/C20H17F6N3O2/c1-2-14-10-28(15-6-7-17(27-9-15)20(24,25)26)18(31)29(14)11-16(30)12-4-3-5-13(8-12)19(21,22)23/h3-9,14H,2,10-11H2,1H3/t14-/m0/s1. The minimum atomic E-state index is -4.62. The Morgan fingerprint density at radius 1 is 1.10 bits per heavy atom. The minimum Gasteiger partial charge on any atom is -0.312 e. The van der Waals surface area contributed by atoms with Crippen molar-refractivity contribution in [1.82, 2.24) is 9.88 Å². The molecule has 11 heteroatoms. The molecular weight excluding hydrogens is 428 g/mol. The number of carbonyl (C=O) groups excluding carboxylic acids is 2. The topological polar surface area (TPSA) is 53.5 Å². The maximum absolute atomic E-state index is 12.9. The van der Waals surface area contributed by atoms with Crippen molar-refractivity contribution < 1.29 is 35.9 Å². The number of hydrogen-bond donors (Lipinski definition) is 0. The van der Waals surface area contributed by atoms with E-state index in [-0.39, 0.29) is 17.8 Å². The molecule has 1 atom stereocenters. The highest BCUT2D eigenvalue weighted by molar-refractivity contribution is 6.02. The van der Waals surface area contributed by atoms with Crippen molar-refractivity contribution in [3.8, 4) is 0 Å². The molecule has 5 nitrogen and oxygen atoms in total. The van der Waals surface area contributed by atoms with E-state index in [2.05, 4.69) is 4.98 Å². The van der Waals surface area contributed by atoms with Crippen LogP contribution in [-0.2, 0) is 12.4 Å². The van der Waals surface area contributed by atoms with Crippen molar-refractivity contribution in [2.24, 2.45) is 0 Å². The number of carbonyl (C=O) groups is 2. The van der Waals surface area contributed by atoms with Gasteiger partial charge in [-0.25, -0.2) is 9.78 Å². The molecule has 1 aromatic carbocycles. The molecule has 1 saturated heterocycles. The maximum Gasteiger partial charge on any atom is 0.433 e. The van der Waals surface area contributed by atoms with Gasteiger partial charge in [0.25, 0.3) is 0 Å². The van der Waals surface area contributed by atoms with Gasteiger partial charge in [-0.05, 0) is 30.7 Å². The van der Waals surface area contributed by atoms with E-state index in [1.54, 1.807) is 6.92 Å². The van der Waals surface area contributed by atoms with Crippen molar-refractivity contribution >= 4 is 17.5 Å². The molecule has 2 heterocycles. The van der Waals surface area contributed by atoms with Crippen LogP contribution in [-0.4, -0.2) is 40.8 Å². The zero-order chi connectivity index (χ0) is 23.0. The Kier molecular flexibility index (Phi) is 5.97. The summed E-state index contributed by atoms with van der Waals surface area (Å²) in [5, 5.41) is 0. The summed E-state index contributed by atoms with van der Waals surface area (Å²) < 4.78 is 76.8. The molecule has 0 bridgehead atoms. The SMILES string of the molecule is CC[C@H]1CN(c2ccc(C(F)(F)F)nc2)C(=O)N1CC(=O)c1cccc(C(F)(F)F)c1. The van der Waals surface area contributed by atoms with Gasteiger partial charge in [0.05, 0.1) is 30.0 Å². The fourth-order valence-electron chi connectivity index (χ4n) is 3.29. The van der Waals surface area contributed by atoms with Gasteiger partial charge < -0.3 is 4.90 Å². The van der Waals surface area contributed by atoms with Crippen LogP contribution in [0.3, 0.4) is 0 Å². The number of halogens is 6. The molecule has 3 rings (SSSR count). The molecule has 1 aromatic heterocycles. The Morgan fingerprint density at radius 3 is 2.35 bits per heavy atom. The average Bonchev–Trinajstić information content (AvgIpc) is 3.02. The largest absolute Gasteiger partial charge is 0.433 e. The van der Waals surface area contributed by atoms with Crippen LogP contribution in [0.2, 0.25) is 0 Å². The number of ketones is 1. The molecule has 0 N–H and O–H groups in total. The third-order valence-electron chi connectivity index (χ3n) is 4.96. The predicted molar refractivity (Wildman–Crippen MR) is 98.5 cm³/mol. The number of pyridine rings is 1. The summed E-state index contributed by atoms with van der Waals surface area (Å²) in [5.74, 6) is -0.676. The van der Waals surface area contributed by atoms with Gasteiger partial charge in [-0.2, -0.15) is 26.3 Å². The van der Waals surface area contributed by atoms with E-state index in [1.165, 1.54) is 15.9 Å². The maximum atomic E-state index is 12.9. The monoisotopic (exact) mass is 445 g/mol. The van der Waals surface area contributed by atoms with Crippen LogP contribution in [0.25, 0.3) is 0 Å². The Labute approximate surface area is 173 Å². The van der Waals surface area contributed by atoms with E-state index >= 15 is 0 Å². The normalized spacial score (nSPS) is 17.4. The van der Waals surface area contributed by atoms with E-state index in [9.17, 15) is 35.9 Å². The van der Waals surface area contributed by atoms with Gasteiger partial charge in [0.2, 0.25) is 0 Å². The molecule has 0 aliphatic carbocycles. The van der Waals surface area contributed by atoms with Crippen LogP contribution in [0.4, 0.5) is 36.8 Å². The van der Waals surface area contributed by atoms with Crippen LogP contribution >= 0.6 is 0 Å². The Hall–Kier alpha value is -3.11. The number of rotatable bonds is 5. The van der Waals surface area contributed by atoms with E-state index in [0.717, 1.165) is 36.5 Å². The number of anilines is 1. The summed E-state index contributed by atoms with van der Waals surface area (Å²) in [6, 6.07) is 4.69. The quantitative estimate of drug-likeness (QED) is 0.480. The average molecular weight is 445 g/mol. The first-order valence-corrected chi connectivity index (χ1v) is 9.23. The van der Waals surface area contributed by atoms with Crippen LogP contribution < -0.4 is 4.90 Å². The summed E-state index contributed by atoms with van der Waals surface area (Å²) in [6.45, 7) is 1.41. The number of hydrogen-bond acceptors (Lipinski definition) is 3. The third kappa shape index (κ3) is 4.80. The first-order chi connectivity index (χ1) is 14.4. The first kappa shape index (κ1) is 22.6. The number of aromatic nitrogens is 1. The number of nitrogens with zero attached hydrogens (tertiary/aromatic N) is 3. The molecular formula is C20H17F6N3O2. The molecule has 2 amide bonds. The van der Waals surface area contributed by atoms with Gasteiger partial charge in [0, 0.05) is 12.1 Å². The lowest BCUT2D eigenvalue weighted by Crippen LogP contribution is -2.38. The number of urea groups is 1. The summed E-state index contributed by atoms with van der Waals surface area (Å²) in [6.07, 6.45) is -7.88. The molecule has 0 spiro atoms. The fraction of sp³-hybridized carbons (Fsp3) is 0.350. The highest BCUT2D eigenvalue weighted by Crippen LogP contribution is 2.31. The van der Waals surface area contributed by atoms with Gasteiger partial charge in [0.1, 0.15) is 5.69 Å². The van der Waals surface area contributed by atoms with Gasteiger partial charge in [-0.3, -0.25) is 9.69 Å². The number of Topliss-reactive ketones (excluding diaryl/α,β-unsaturated/α-hetero) is 1. The van der Waals surface area contributed by atoms with Crippen molar-refractivity contribution in [2.45, 2.75) is 31.7 Å². The highest BCUT2D eigenvalue weighted by atomic mass is 19.4. The van der Waals surface area contributed by atoms with Crippen LogP contribution in [0, 0.1) is 0 Å². The zero-order valence-electron chi connectivity index (χ0n) is 16.2. The molecule has 1 aliphatic heterocycles. The second kappa shape index (κ2) is 8.20. The molecule has 0 radical (unpaired) electrons. The third-order valence-corrected chi connectivity index (χ3v) is 4.96.